The maximum atomic E-state index is 12.2. The summed E-state index contributed by atoms with van der Waals surface area (Å²) in [5.74, 6) is 1.47. The van der Waals surface area contributed by atoms with Crippen molar-refractivity contribution in [3.8, 4) is 0 Å². The van der Waals surface area contributed by atoms with Crippen LogP contribution < -0.4 is 0 Å². The van der Waals surface area contributed by atoms with Gasteiger partial charge < -0.3 is 9.47 Å². The maximum Gasteiger partial charge on any atom is 0.410 e. The lowest BCUT2D eigenvalue weighted by molar-refractivity contribution is -0.152. The van der Waals surface area contributed by atoms with Crippen LogP contribution in [0.25, 0.3) is 0 Å². The molecule has 1 amide bonds. The first-order valence-electron chi connectivity index (χ1n) is 7.67. The maximum absolute atomic E-state index is 12.2. The summed E-state index contributed by atoms with van der Waals surface area (Å²) in [6.07, 6.45) is 3.83. The third kappa shape index (κ3) is 3.81. The minimum atomic E-state index is -0.480. The first-order chi connectivity index (χ1) is 10.1. The monoisotopic (exact) mass is 409 g/mol. The van der Waals surface area contributed by atoms with E-state index < -0.39 is 12.1 Å². The highest BCUT2D eigenvalue weighted by Crippen LogP contribution is 2.41. The van der Waals surface area contributed by atoms with Crippen molar-refractivity contribution in [3.05, 3.63) is 0 Å². The van der Waals surface area contributed by atoms with Crippen LogP contribution in [0.2, 0.25) is 0 Å². The average molecular weight is 409 g/mol. The first kappa shape index (κ1) is 16.8. The van der Waals surface area contributed by atoms with E-state index in [9.17, 15) is 9.59 Å². The second kappa shape index (κ2) is 7.65. The number of likely N-dealkylation sites (tertiary alicyclic amines) is 1. The number of amides is 1. The Kier molecular flexibility index (Phi) is 6.13. The summed E-state index contributed by atoms with van der Waals surface area (Å²) in [7, 11) is 1.36. The van der Waals surface area contributed by atoms with E-state index in [1.54, 1.807) is 11.8 Å². The zero-order valence-corrected chi connectivity index (χ0v) is 14.9. The molecule has 1 aliphatic heterocycles. The number of hydrogen-bond acceptors (Lipinski definition) is 4. The van der Waals surface area contributed by atoms with Crippen molar-refractivity contribution in [2.75, 3.05) is 24.7 Å². The summed E-state index contributed by atoms with van der Waals surface area (Å²) in [5.41, 5.74) is 0. The fraction of sp³-hybridized carbons (Fsp3) is 0.867. The topological polar surface area (TPSA) is 55.8 Å². The van der Waals surface area contributed by atoms with E-state index in [-0.39, 0.29) is 5.97 Å². The zero-order chi connectivity index (χ0) is 15.4. The average Bonchev–Trinajstić information content (AvgIpc) is 2.52. The van der Waals surface area contributed by atoms with Gasteiger partial charge in [-0.15, -0.1) is 0 Å². The van der Waals surface area contributed by atoms with Gasteiger partial charge in [0, 0.05) is 11.0 Å². The lowest BCUT2D eigenvalue weighted by Crippen LogP contribution is -2.55. The number of esters is 1. The Morgan fingerprint density at radius 2 is 2.00 bits per heavy atom. The van der Waals surface area contributed by atoms with Gasteiger partial charge in [-0.25, -0.2) is 9.59 Å². The second-order valence-corrected chi connectivity index (χ2v) is 6.86. The molecule has 2 rings (SSSR count). The predicted molar refractivity (Wildman–Crippen MR) is 87.4 cm³/mol. The Balaban J connectivity index is 2.11. The third-order valence-corrected chi connectivity index (χ3v) is 6.01. The van der Waals surface area contributed by atoms with E-state index in [2.05, 4.69) is 22.6 Å². The summed E-state index contributed by atoms with van der Waals surface area (Å²) < 4.78 is 11.2. The molecule has 1 aliphatic carbocycles. The fourth-order valence-electron chi connectivity index (χ4n) is 3.67. The summed E-state index contributed by atoms with van der Waals surface area (Å²) >= 11 is 2.45. The molecule has 1 saturated carbocycles. The number of carbonyl (C=O) groups excluding carboxylic acids is 2. The Morgan fingerprint density at radius 1 is 1.24 bits per heavy atom. The third-order valence-electron chi connectivity index (χ3n) is 4.77. The molecule has 1 saturated heterocycles. The van der Waals surface area contributed by atoms with E-state index in [4.69, 9.17) is 9.47 Å². The summed E-state index contributed by atoms with van der Waals surface area (Å²) in [4.78, 5) is 25.7. The van der Waals surface area contributed by atoms with Gasteiger partial charge in [0.2, 0.25) is 0 Å². The lowest BCUT2D eigenvalue weighted by Gasteiger charge is -2.45. The van der Waals surface area contributed by atoms with E-state index in [1.807, 2.05) is 0 Å². The highest BCUT2D eigenvalue weighted by Gasteiger charge is 2.44. The number of carbonyl (C=O) groups is 2. The van der Waals surface area contributed by atoms with Gasteiger partial charge in [0.05, 0.1) is 13.7 Å². The number of rotatable bonds is 3. The molecule has 0 aromatic carbocycles. The molecule has 5 nitrogen and oxygen atoms in total. The van der Waals surface area contributed by atoms with Gasteiger partial charge in [0.1, 0.15) is 6.04 Å². The van der Waals surface area contributed by atoms with Crippen LogP contribution in [0.1, 0.15) is 32.6 Å². The second-order valence-electron chi connectivity index (χ2n) is 5.98. The molecule has 0 aromatic rings. The van der Waals surface area contributed by atoms with Gasteiger partial charge >= 0.3 is 12.1 Å². The van der Waals surface area contributed by atoms with Gasteiger partial charge in [-0.3, -0.25) is 4.90 Å². The highest BCUT2D eigenvalue weighted by atomic mass is 127. The number of alkyl halides is 1. The smallest absolute Gasteiger partial charge is 0.410 e. The Hall–Kier alpha value is -0.530. The molecule has 21 heavy (non-hydrogen) atoms. The molecule has 0 aromatic heterocycles. The van der Waals surface area contributed by atoms with Crippen LogP contribution in [-0.2, 0) is 14.3 Å². The quantitative estimate of drug-likeness (QED) is 0.409. The van der Waals surface area contributed by atoms with Crippen molar-refractivity contribution < 1.29 is 19.1 Å². The molecular weight excluding hydrogens is 385 g/mol. The van der Waals surface area contributed by atoms with Crippen molar-refractivity contribution in [2.45, 2.75) is 38.6 Å². The Morgan fingerprint density at radius 3 is 2.62 bits per heavy atom. The van der Waals surface area contributed by atoms with Crippen molar-refractivity contribution >= 4 is 34.7 Å². The van der Waals surface area contributed by atoms with Crippen LogP contribution in [0.15, 0.2) is 0 Å². The minimum Gasteiger partial charge on any atom is -0.464 e. The largest absolute Gasteiger partial charge is 0.464 e. The van der Waals surface area contributed by atoms with E-state index >= 15 is 0 Å². The molecule has 1 heterocycles. The number of hydrogen-bond donors (Lipinski definition) is 0. The number of nitrogens with zero attached hydrogens (tertiary/aromatic N) is 1. The zero-order valence-electron chi connectivity index (χ0n) is 12.7. The van der Waals surface area contributed by atoms with Crippen molar-refractivity contribution in [3.63, 3.8) is 0 Å². The van der Waals surface area contributed by atoms with Gasteiger partial charge in [-0.1, -0.05) is 22.6 Å². The summed E-state index contributed by atoms with van der Waals surface area (Å²) in [5, 5.41) is 0. The fourth-order valence-corrected chi connectivity index (χ4v) is 4.47. The van der Waals surface area contributed by atoms with Crippen LogP contribution in [0.4, 0.5) is 4.79 Å². The van der Waals surface area contributed by atoms with E-state index in [0.29, 0.717) is 31.4 Å². The van der Waals surface area contributed by atoms with Gasteiger partial charge in [0.25, 0.3) is 0 Å². The van der Waals surface area contributed by atoms with Crippen LogP contribution >= 0.6 is 22.6 Å². The lowest BCUT2D eigenvalue weighted by atomic mass is 9.69. The molecule has 120 valence electrons. The molecule has 0 radical (unpaired) electrons. The van der Waals surface area contributed by atoms with Crippen LogP contribution in [0.3, 0.4) is 0 Å². The number of halogens is 1. The van der Waals surface area contributed by atoms with Gasteiger partial charge in [-0.2, -0.15) is 0 Å². The molecule has 0 spiro atoms. The highest BCUT2D eigenvalue weighted by molar-refractivity contribution is 14.1. The summed E-state index contributed by atoms with van der Waals surface area (Å²) in [6.45, 7) is 2.75. The van der Waals surface area contributed by atoms with Gasteiger partial charge in [-0.05, 0) is 50.4 Å². The Labute approximate surface area is 139 Å². The standard InChI is InChI=1S/C15H24INO4/c1-3-21-14(18)13-7-12-6-10(8-16)4-5-11(12)9-17(13)15(19)20-2/h10-13H,3-9H2,1-2H3/t10-,11-,12+,13-/m0/s1. The predicted octanol–water partition coefficient (Wildman–Crippen LogP) is 2.86. The molecule has 0 unspecified atom stereocenters. The summed E-state index contributed by atoms with van der Waals surface area (Å²) in [6, 6.07) is -0.480. The number of methoxy groups -OCH3 is 1. The van der Waals surface area contributed by atoms with Crippen LogP contribution in [0.5, 0.6) is 0 Å². The minimum absolute atomic E-state index is 0.294. The molecule has 0 bridgehead atoms. The molecule has 2 aliphatic rings. The van der Waals surface area contributed by atoms with Crippen molar-refractivity contribution in [1.82, 2.24) is 4.90 Å². The Bertz CT molecular complexity index is 390. The van der Waals surface area contributed by atoms with E-state index in [1.165, 1.54) is 24.4 Å². The SMILES string of the molecule is CCOC(=O)[C@@H]1C[C@H]2C[C@@H](CI)CC[C@H]2CN1C(=O)OC. The van der Waals surface area contributed by atoms with E-state index in [0.717, 1.165) is 12.3 Å². The van der Waals surface area contributed by atoms with Gasteiger partial charge in [0.15, 0.2) is 0 Å². The van der Waals surface area contributed by atoms with Crippen LogP contribution in [0, 0.1) is 17.8 Å². The van der Waals surface area contributed by atoms with Crippen molar-refractivity contribution in [1.29, 1.82) is 0 Å². The molecule has 4 atom stereocenters. The van der Waals surface area contributed by atoms with Crippen molar-refractivity contribution in [2.24, 2.45) is 17.8 Å². The molecule has 6 heteroatoms. The molecule has 2 fully saturated rings. The normalized spacial score (nSPS) is 32.2. The number of ether oxygens (including phenoxy) is 2. The molecular formula is C15H24INO4. The van der Waals surface area contributed by atoms with Crippen LogP contribution in [-0.4, -0.2) is 47.7 Å². The first-order valence-corrected chi connectivity index (χ1v) is 9.20. The molecule has 0 N–H and O–H groups in total. The number of fused-ring (bicyclic) bond motifs is 1. The number of piperidine rings is 1.